The molecule has 0 aromatic heterocycles. The largest absolute Gasteiger partial charge is 0.378 e. The van der Waals surface area contributed by atoms with Crippen LogP contribution in [-0.2, 0) is 0 Å². The Morgan fingerprint density at radius 3 is 2.47 bits per heavy atom. The number of anilines is 1. The monoisotopic (exact) mass is 385 g/mol. The first-order valence-electron chi connectivity index (χ1n) is 5.95. The molecular weight excluding hydrogens is 373 g/mol. The maximum Gasteiger partial charge on any atom is 0.124 e. The van der Waals surface area contributed by atoms with Crippen molar-refractivity contribution < 1.29 is 4.39 Å². The SMILES string of the molecule is Cc1ccc(Br)c(NC(C)c2ccc(F)cc2Br)c1. The van der Waals surface area contributed by atoms with Gasteiger partial charge in [0.05, 0.1) is 0 Å². The number of hydrogen-bond acceptors (Lipinski definition) is 1. The molecule has 0 fully saturated rings. The number of nitrogens with one attached hydrogen (secondary N) is 1. The van der Waals surface area contributed by atoms with Gasteiger partial charge in [-0.05, 0) is 65.2 Å². The minimum atomic E-state index is -0.237. The van der Waals surface area contributed by atoms with Crippen molar-refractivity contribution in [3.63, 3.8) is 0 Å². The number of rotatable bonds is 3. The molecule has 100 valence electrons. The van der Waals surface area contributed by atoms with E-state index in [4.69, 9.17) is 0 Å². The molecule has 2 rings (SSSR count). The highest BCUT2D eigenvalue weighted by atomic mass is 79.9. The molecule has 0 aliphatic heterocycles. The Balaban J connectivity index is 2.25. The molecule has 0 radical (unpaired) electrons. The summed E-state index contributed by atoms with van der Waals surface area (Å²) in [7, 11) is 0. The van der Waals surface area contributed by atoms with Crippen molar-refractivity contribution in [3.05, 3.63) is 62.3 Å². The maximum absolute atomic E-state index is 13.1. The highest BCUT2D eigenvalue weighted by molar-refractivity contribution is 9.11. The lowest BCUT2D eigenvalue weighted by atomic mass is 10.1. The van der Waals surface area contributed by atoms with Gasteiger partial charge in [-0.3, -0.25) is 0 Å². The lowest BCUT2D eigenvalue weighted by molar-refractivity contribution is 0.625. The van der Waals surface area contributed by atoms with E-state index in [1.807, 2.05) is 19.1 Å². The van der Waals surface area contributed by atoms with Crippen molar-refractivity contribution in [2.24, 2.45) is 0 Å². The fourth-order valence-electron chi connectivity index (χ4n) is 1.91. The molecule has 1 atom stereocenters. The predicted molar refractivity (Wildman–Crippen MR) is 85.0 cm³/mol. The second-order valence-corrected chi connectivity index (χ2v) is 6.22. The van der Waals surface area contributed by atoms with E-state index in [1.165, 1.54) is 17.7 Å². The summed E-state index contributed by atoms with van der Waals surface area (Å²) < 4.78 is 14.9. The zero-order valence-corrected chi connectivity index (χ0v) is 13.8. The maximum atomic E-state index is 13.1. The molecule has 0 heterocycles. The molecule has 2 aromatic carbocycles. The third-order valence-electron chi connectivity index (χ3n) is 2.92. The average molecular weight is 387 g/mol. The Kier molecular flexibility index (Phi) is 4.63. The fraction of sp³-hybridized carbons (Fsp3) is 0.200. The van der Waals surface area contributed by atoms with Crippen LogP contribution in [0.4, 0.5) is 10.1 Å². The van der Waals surface area contributed by atoms with Crippen LogP contribution in [-0.4, -0.2) is 0 Å². The Morgan fingerprint density at radius 2 is 1.79 bits per heavy atom. The van der Waals surface area contributed by atoms with Crippen molar-refractivity contribution in [1.82, 2.24) is 0 Å². The van der Waals surface area contributed by atoms with Gasteiger partial charge < -0.3 is 5.32 Å². The van der Waals surface area contributed by atoms with E-state index in [9.17, 15) is 4.39 Å². The van der Waals surface area contributed by atoms with Gasteiger partial charge in [-0.1, -0.05) is 28.1 Å². The third-order valence-corrected chi connectivity index (χ3v) is 4.30. The summed E-state index contributed by atoms with van der Waals surface area (Å²) in [6.07, 6.45) is 0. The molecule has 0 saturated heterocycles. The summed E-state index contributed by atoms with van der Waals surface area (Å²) in [5.41, 5.74) is 3.25. The molecule has 1 nitrogen and oxygen atoms in total. The van der Waals surface area contributed by atoms with Gasteiger partial charge in [-0.25, -0.2) is 4.39 Å². The van der Waals surface area contributed by atoms with E-state index in [-0.39, 0.29) is 11.9 Å². The van der Waals surface area contributed by atoms with Crippen LogP contribution in [0.25, 0.3) is 0 Å². The smallest absolute Gasteiger partial charge is 0.124 e. The van der Waals surface area contributed by atoms with Crippen LogP contribution < -0.4 is 5.32 Å². The topological polar surface area (TPSA) is 12.0 Å². The van der Waals surface area contributed by atoms with Crippen LogP contribution in [0.1, 0.15) is 24.1 Å². The molecule has 0 bridgehead atoms. The molecule has 4 heteroatoms. The molecule has 1 N–H and O–H groups in total. The zero-order valence-electron chi connectivity index (χ0n) is 10.7. The van der Waals surface area contributed by atoms with Gasteiger partial charge in [0, 0.05) is 20.7 Å². The number of hydrogen-bond donors (Lipinski definition) is 1. The van der Waals surface area contributed by atoms with Crippen LogP contribution in [0.5, 0.6) is 0 Å². The summed E-state index contributed by atoms with van der Waals surface area (Å²) in [4.78, 5) is 0. The van der Waals surface area contributed by atoms with E-state index in [0.717, 1.165) is 20.2 Å². The molecule has 19 heavy (non-hydrogen) atoms. The summed E-state index contributed by atoms with van der Waals surface area (Å²) in [6, 6.07) is 11.0. The van der Waals surface area contributed by atoms with Crippen LogP contribution >= 0.6 is 31.9 Å². The van der Waals surface area contributed by atoms with Gasteiger partial charge in [0.15, 0.2) is 0 Å². The second-order valence-electron chi connectivity index (χ2n) is 4.52. The van der Waals surface area contributed by atoms with Gasteiger partial charge in [-0.2, -0.15) is 0 Å². The van der Waals surface area contributed by atoms with E-state index >= 15 is 0 Å². The minimum absolute atomic E-state index is 0.0769. The average Bonchev–Trinajstić information content (AvgIpc) is 2.33. The summed E-state index contributed by atoms with van der Waals surface area (Å²) in [6.45, 7) is 4.10. The summed E-state index contributed by atoms with van der Waals surface area (Å²) >= 11 is 6.93. The van der Waals surface area contributed by atoms with Crippen LogP contribution in [0, 0.1) is 12.7 Å². The van der Waals surface area contributed by atoms with Crippen LogP contribution in [0.2, 0.25) is 0 Å². The normalized spacial score (nSPS) is 12.3. The number of aryl methyl sites for hydroxylation is 1. The quantitative estimate of drug-likeness (QED) is 0.699. The van der Waals surface area contributed by atoms with Gasteiger partial charge in [0.2, 0.25) is 0 Å². The highest BCUT2D eigenvalue weighted by Gasteiger charge is 2.11. The molecule has 0 aliphatic rings. The molecule has 0 saturated carbocycles. The Morgan fingerprint density at radius 1 is 1.05 bits per heavy atom. The lowest BCUT2D eigenvalue weighted by Crippen LogP contribution is -2.08. The van der Waals surface area contributed by atoms with E-state index in [0.29, 0.717) is 0 Å². The molecule has 0 aliphatic carbocycles. The molecule has 0 amide bonds. The Bertz CT molecular complexity index is 599. The van der Waals surface area contributed by atoms with E-state index in [2.05, 4.69) is 50.2 Å². The fourth-order valence-corrected chi connectivity index (χ4v) is 2.97. The molecular formula is C15H14Br2FN. The molecule has 2 aromatic rings. The first kappa shape index (κ1) is 14.5. The van der Waals surface area contributed by atoms with Crippen molar-refractivity contribution in [2.45, 2.75) is 19.9 Å². The molecule has 1 unspecified atom stereocenters. The number of halogens is 3. The standard InChI is InChI=1S/C15H14Br2FN/c1-9-3-6-13(16)15(7-9)19-10(2)12-5-4-11(18)8-14(12)17/h3-8,10,19H,1-2H3. The second kappa shape index (κ2) is 6.06. The van der Waals surface area contributed by atoms with Crippen molar-refractivity contribution >= 4 is 37.5 Å². The Hall–Kier alpha value is -0.870. The summed E-state index contributed by atoms with van der Waals surface area (Å²) in [5.74, 6) is -0.237. The zero-order chi connectivity index (χ0) is 14.0. The van der Waals surface area contributed by atoms with E-state index in [1.54, 1.807) is 6.07 Å². The van der Waals surface area contributed by atoms with Crippen LogP contribution in [0.3, 0.4) is 0 Å². The minimum Gasteiger partial charge on any atom is -0.378 e. The molecule has 0 spiro atoms. The Labute approximate surface area is 129 Å². The van der Waals surface area contributed by atoms with Gasteiger partial charge in [0.1, 0.15) is 5.82 Å². The third kappa shape index (κ3) is 3.57. The van der Waals surface area contributed by atoms with Gasteiger partial charge >= 0.3 is 0 Å². The van der Waals surface area contributed by atoms with Crippen molar-refractivity contribution in [2.75, 3.05) is 5.32 Å². The van der Waals surface area contributed by atoms with E-state index < -0.39 is 0 Å². The summed E-state index contributed by atoms with van der Waals surface area (Å²) in [5, 5.41) is 3.43. The van der Waals surface area contributed by atoms with Crippen molar-refractivity contribution in [1.29, 1.82) is 0 Å². The first-order chi connectivity index (χ1) is 8.97. The van der Waals surface area contributed by atoms with Crippen LogP contribution in [0.15, 0.2) is 45.3 Å². The van der Waals surface area contributed by atoms with Gasteiger partial charge in [0.25, 0.3) is 0 Å². The number of benzene rings is 2. The van der Waals surface area contributed by atoms with Crippen molar-refractivity contribution in [3.8, 4) is 0 Å². The lowest BCUT2D eigenvalue weighted by Gasteiger charge is -2.18. The van der Waals surface area contributed by atoms with Gasteiger partial charge in [-0.15, -0.1) is 0 Å². The first-order valence-corrected chi connectivity index (χ1v) is 7.53. The highest BCUT2D eigenvalue weighted by Crippen LogP contribution is 2.30. The predicted octanol–water partition coefficient (Wildman–Crippen LogP) is 5.83.